The molecular weight excluding hydrogens is 326 g/mol. The molecule has 0 unspecified atom stereocenters. The standard InChI is InChI=1S/C16H17N5O2S/c1-10-12(17-14(23-10)11-7-5-4-6-8-11)9-13(22)18-15-19-16(24-3)21(2)20-15/h4-8H,9H2,1-3H3,(H,18,20,22). The molecule has 0 aliphatic rings. The van der Waals surface area contributed by atoms with Gasteiger partial charge in [-0.15, -0.1) is 5.10 Å². The maximum Gasteiger partial charge on any atom is 0.249 e. The van der Waals surface area contributed by atoms with Crippen LogP contribution in [-0.2, 0) is 18.3 Å². The van der Waals surface area contributed by atoms with Crippen LogP contribution in [0.4, 0.5) is 5.95 Å². The zero-order valence-electron chi connectivity index (χ0n) is 13.6. The predicted molar refractivity (Wildman–Crippen MR) is 91.8 cm³/mol. The number of rotatable bonds is 5. The molecule has 3 rings (SSSR count). The Morgan fingerprint density at radius 1 is 1.29 bits per heavy atom. The molecule has 0 atom stereocenters. The van der Waals surface area contributed by atoms with Crippen LogP contribution in [0.25, 0.3) is 11.5 Å². The maximum absolute atomic E-state index is 12.2. The lowest BCUT2D eigenvalue weighted by Crippen LogP contribution is -2.16. The molecule has 0 aliphatic carbocycles. The number of amides is 1. The fourth-order valence-electron chi connectivity index (χ4n) is 2.22. The van der Waals surface area contributed by atoms with Crippen molar-refractivity contribution in [2.24, 2.45) is 7.05 Å². The number of anilines is 1. The Balaban J connectivity index is 1.71. The van der Waals surface area contributed by atoms with Crippen LogP contribution in [0, 0.1) is 6.92 Å². The van der Waals surface area contributed by atoms with Crippen molar-refractivity contribution in [3.8, 4) is 11.5 Å². The van der Waals surface area contributed by atoms with Crippen LogP contribution in [0.15, 0.2) is 39.9 Å². The lowest BCUT2D eigenvalue weighted by molar-refractivity contribution is -0.115. The van der Waals surface area contributed by atoms with Crippen molar-refractivity contribution in [3.05, 3.63) is 41.8 Å². The van der Waals surface area contributed by atoms with Gasteiger partial charge in [0, 0.05) is 12.6 Å². The highest BCUT2D eigenvalue weighted by atomic mass is 32.2. The van der Waals surface area contributed by atoms with Gasteiger partial charge in [0.1, 0.15) is 5.76 Å². The molecular formula is C16H17N5O2S. The van der Waals surface area contributed by atoms with E-state index in [9.17, 15) is 4.79 Å². The quantitative estimate of drug-likeness (QED) is 0.717. The average molecular weight is 343 g/mol. The highest BCUT2D eigenvalue weighted by Gasteiger charge is 2.16. The van der Waals surface area contributed by atoms with E-state index in [1.807, 2.05) is 36.6 Å². The molecule has 0 fully saturated rings. The number of nitrogens with zero attached hydrogens (tertiary/aromatic N) is 4. The molecule has 2 heterocycles. The average Bonchev–Trinajstić information content (AvgIpc) is 3.11. The molecule has 1 aromatic carbocycles. The van der Waals surface area contributed by atoms with Gasteiger partial charge in [-0.05, 0) is 25.3 Å². The molecule has 3 aromatic rings. The third-order valence-corrected chi connectivity index (χ3v) is 4.12. The first-order valence-corrected chi connectivity index (χ1v) is 8.56. The van der Waals surface area contributed by atoms with E-state index in [-0.39, 0.29) is 18.3 Å². The largest absolute Gasteiger partial charge is 0.441 e. The molecule has 2 aromatic heterocycles. The van der Waals surface area contributed by atoms with Gasteiger partial charge < -0.3 is 4.42 Å². The van der Waals surface area contributed by atoms with Crippen molar-refractivity contribution in [1.29, 1.82) is 0 Å². The van der Waals surface area contributed by atoms with Crippen LogP contribution in [0.3, 0.4) is 0 Å². The van der Waals surface area contributed by atoms with Gasteiger partial charge in [-0.1, -0.05) is 30.0 Å². The Morgan fingerprint density at radius 2 is 2.04 bits per heavy atom. The van der Waals surface area contributed by atoms with Crippen LogP contribution in [0.2, 0.25) is 0 Å². The Morgan fingerprint density at radius 3 is 2.71 bits per heavy atom. The molecule has 7 nitrogen and oxygen atoms in total. The second-order valence-electron chi connectivity index (χ2n) is 5.16. The van der Waals surface area contributed by atoms with Crippen LogP contribution in [0.1, 0.15) is 11.5 Å². The number of hydrogen-bond acceptors (Lipinski definition) is 6. The molecule has 0 radical (unpaired) electrons. The van der Waals surface area contributed by atoms with Crippen molar-refractivity contribution in [2.45, 2.75) is 18.5 Å². The zero-order chi connectivity index (χ0) is 17.1. The minimum Gasteiger partial charge on any atom is -0.441 e. The zero-order valence-corrected chi connectivity index (χ0v) is 14.4. The molecule has 0 spiro atoms. The number of benzene rings is 1. The summed E-state index contributed by atoms with van der Waals surface area (Å²) in [6.07, 6.45) is 2.01. The van der Waals surface area contributed by atoms with E-state index in [4.69, 9.17) is 4.42 Å². The van der Waals surface area contributed by atoms with Gasteiger partial charge in [-0.2, -0.15) is 4.98 Å². The lowest BCUT2D eigenvalue weighted by Gasteiger charge is -1.98. The maximum atomic E-state index is 12.2. The summed E-state index contributed by atoms with van der Waals surface area (Å²) < 4.78 is 7.28. The highest BCUT2D eigenvalue weighted by molar-refractivity contribution is 7.98. The minimum absolute atomic E-state index is 0.106. The Hall–Kier alpha value is -2.61. The molecule has 124 valence electrons. The molecule has 24 heavy (non-hydrogen) atoms. The summed E-state index contributed by atoms with van der Waals surface area (Å²) in [6.45, 7) is 1.80. The smallest absolute Gasteiger partial charge is 0.249 e. The van der Waals surface area contributed by atoms with Crippen LogP contribution in [-0.4, -0.2) is 31.9 Å². The van der Waals surface area contributed by atoms with Crippen LogP contribution < -0.4 is 5.32 Å². The molecule has 1 amide bonds. The van der Waals surface area contributed by atoms with E-state index in [0.29, 0.717) is 17.3 Å². The number of hydrogen-bond donors (Lipinski definition) is 1. The fourth-order valence-corrected chi connectivity index (χ4v) is 2.70. The summed E-state index contributed by atoms with van der Waals surface area (Å²) in [6, 6.07) is 9.58. The molecule has 0 bridgehead atoms. The SMILES string of the molecule is CSc1nc(NC(=O)Cc2nc(-c3ccccc3)oc2C)nn1C. The predicted octanol–water partition coefficient (Wildman–Crippen LogP) is 2.68. The normalized spacial score (nSPS) is 10.8. The summed E-state index contributed by atoms with van der Waals surface area (Å²) in [5.41, 5.74) is 1.48. The van der Waals surface area contributed by atoms with E-state index in [0.717, 1.165) is 10.7 Å². The first kappa shape index (κ1) is 16.3. The third kappa shape index (κ3) is 3.48. The number of carbonyl (C=O) groups excluding carboxylic acids is 1. The first-order valence-electron chi connectivity index (χ1n) is 7.33. The van der Waals surface area contributed by atoms with E-state index < -0.39 is 0 Å². The van der Waals surface area contributed by atoms with E-state index in [2.05, 4.69) is 20.4 Å². The van der Waals surface area contributed by atoms with Gasteiger partial charge in [0.05, 0.1) is 12.1 Å². The Labute approximate surface area is 143 Å². The Bertz CT molecular complexity index is 857. The number of carbonyl (C=O) groups is 1. The van der Waals surface area contributed by atoms with Gasteiger partial charge in [0.15, 0.2) is 5.16 Å². The lowest BCUT2D eigenvalue weighted by atomic mass is 10.2. The number of oxazole rings is 1. The number of thioether (sulfide) groups is 1. The van der Waals surface area contributed by atoms with Crippen LogP contribution >= 0.6 is 11.8 Å². The Kier molecular flexibility index (Phi) is 4.66. The van der Waals surface area contributed by atoms with Crippen molar-refractivity contribution >= 4 is 23.6 Å². The molecule has 1 N–H and O–H groups in total. The van der Waals surface area contributed by atoms with Gasteiger partial charge in [-0.3, -0.25) is 10.1 Å². The minimum atomic E-state index is -0.232. The van der Waals surface area contributed by atoms with E-state index >= 15 is 0 Å². The van der Waals surface area contributed by atoms with E-state index in [1.165, 1.54) is 11.8 Å². The second-order valence-corrected chi connectivity index (χ2v) is 5.93. The van der Waals surface area contributed by atoms with Gasteiger partial charge in [0.2, 0.25) is 17.7 Å². The third-order valence-electron chi connectivity index (χ3n) is 3.40. The summed E-state index contributed by atoms with van der Waals surface area (Å²) >= 11 is 1.46. The van der Waals surface area contributed by atoms with Gasteiger partial charge in [0.25, 0.3) is 0 Å². The number of aromatic nitrogens is 4. The second kappa shape index (κ2) is 6.88. The summed E-state index contributed by atoms with van der Waals surface area (Å²) in [7, 11) is 1.78. The van der Waals surface area contributed by atoms with Crippen molar-refractivity contribution < 1.29 is 9.21 Å². The summed E-state index contributed by atoms with van der Waals surface area (Å²) in [4.78, 5) is 20.8. The van der Waals surface area contributed by atoms with Crippen LogP contribution in [0.5, 0.6) is 0 Å². The van der Waals surface area contributed by atoms with Gasteiger partial charge in [-0.25, -0.2) is 9.67 Å². The van der Waals surface area contributed by atoms with Crippen molar-refractivity contribution in [3.63, 3.8) is 0 Å². The first-order chi connectivity index (χ1) is 11.6. The fraction of sp³-hybridized carbons (Fsp3) is 0.250. The topological polar surface area (TPSA) is 85.8 Å². The van der Waals surface area contributed by atoms with E-state index in [1.54, 1.807) is 18.7 Å². The van der Waals surface area contributed by atoms with Gasteiger partial charge >= 0.3 is 0 Å². The monoisotopic (exact) mass is 343 g/mol. The number of nitrogens with one attached hydrogen (secondary N) is 1. The molecule has 0 saturated heterocycles. The van der Waals surface area contributed by atoms with Crippen molar-refractivity contribution in [2.75, 3.05) is 11.6 Å². The summed E-state index contributed by atoms with van der Waals surface area (Å²) in [5.74, 6) is 1.19. The molecule has 0 aliphatic heterocycles. The molecule has 8 heteroatoms. The summed E-state index contributed by atoms with van der Waals surface area (Å²) in [5, 5.41) is 7.56. The number of aryl methyl sites for hydroxylation is 2. The van der Waals surface area contributed by atoms with Crippen molar-refractivity contribution in [1.82, 2.24) is 19.7 Å². The highest BCUT2D eigenvalue weighted by Crippen LogP contribution is 2.22. The molecule has 0 saturated carbocycles.